The van der Waals surface area contributed by atoms with Crippen LogP contribution in [0.1, 0.15) is 13.8 Å². The van der Waals surface area contributed by atoms with Crippen LogP contribution in [0.15, 0.2) is 0 Å². The number of aliphatic carboxylic acids is 2. The molecule has 9 heteroatoms. The molecule has 0 amide bonds. The fourth-order valence-corrected chi connectivity index (χ4v) is 0. The van der Waals surface area contributed by atoms with Gasteiger partial charge >= 0.3 is 11.9 Å². The van der Waals surface area contributed by atoms with Crippen LogP contribution in [0.4, 0.5) is 0 Å². The highest BCUT2D eigenvalue weighted by atomic mass is 35.5. The Bertz CT molecular complexity index is 148. The molecule has 96 valence electrons. The summed E-state index contributed by atoms with van der Waals surface area (Å²) in [5.74, 6) is -1.93. The maximum atomic E-state index is 9.57. The highest BCUT2D eigenvalue weighted by molar-refractivity contribution is 5.86. The number of rotatable bonds is 2. The van der Waals surface area contributed by atoms with Crippen molar-refractivity contribution in [1.29, 1.82) is 0 Å². The van der Waals surface area contributed by atoms with Gasteiger partial charge in [-0.15, -0.1) is 37.2 Å². The van der Waals surface area contributed by atoms with Crippen LogP contribution in [0.3, 0.4) is 0 Å². The van der Waals surface area contributed by atoms with Crippen molar-refractivity contribution >= 4 is 49.2 Å². The lowest BCUT2D eigenvalue weighted by Gasteiger charge is -1.90. The fraction of sp³-hybridized carbons (Fsp3) is 0.667. The van der Waals surface area contributed by atoms with Gasteiger partial charge in [-0.05, 0) is 13.8 Å². The summed E-state index contributed by atoms with van der Waals surface area (Å²) in [5, 5.41) is 15.7. The lowest BCUT2D eigenvalue weighted by Crippen LogP contribution is -2.25. The second-order valence-electron chi connectivity index (χ2n) is 2.25. The van der Waals surface area contributed by atoms with Crippen molar-refractivity contribution in [3.8, 4) is 0 Å². The van der Waals surface area contributed by atoms with Gasteiger partial charge in [0.05, 0.1) is 0 Å². The SMILES string of the molecule is CC(N)C(=O)O.CC(N)C(=O)O.Cl.Cl.Cl. The predicted octanol–water partition coefficient (Wildman–Crippen LogP) is 0.102. The molecule has 0 radical (unpaired) electrons. The summed E-state index contributed by atoms with van der Waals surface area (Å²) < 4.78 is 0. The van der Waals surface area contributed by atoms with Crippen LogP contribution in [-0.4, -0.2) is 34.2 Å². The van der Waals surface area contributed by atoms with Crippen LogP contribution < -0.4 is 11.5 Å². The van der Waals surface area contributed by atoms with E-state index in [0.29, 0.717) is 0 Å². The third-order valence-corrected chi connectivity index (χ3v) is 0.779. The maximum Gasteiger partial charge on any atom is 0.320 e. The van der Waals surface area contributed by atoms with Gasteiger partial charge in [-0.2, -0.15) is 0 Å². The molecule has 6 N–H and O–H groups in total. The van der Waals surface area contributed by atoms with E-state index in [1.165, 1.54) is 13.8 Å². The van der Waals surface area contributed by atoms with Crippen molar-refractivity contribution < 1.29 is 19.8 Å². The molecule has 6 nitrogen and oxygen atoms in total. The van der Waals surface area contributed by atoms with Crippen molar-refractivity contribution in [2.24, 2.45) is 11.5 Å². The Kier molecular flexibility index (Phi) is 31.6. The van der Waals surface area contributed by atoms with Gasteiger partial charge in [0.1, 0.15) is 12.1 Å². The van der Waals surface area contributed by atoms with E-state index in [-0.39, 0.29) is 37.2 Å². The Hall–Kier alpha value is -0.270. The van der Waals surface area contributed by atoms with Crippen LogP contribution in [0.5, 0.6) is 0 Å². The molecule has 0 aliphatic heterocycles. The molecule has 2 unspecified atom stereocenters. The van der Waals surface area contributed by atoms with Crippen LogP contribution in [0.25, 0.3) is 0 Å². The molecule has 0 aromatic rings. The molecular formula is C6H17Cl3N2O4. The molecule has 0 rings (SSSR count). The van der Waals surface area contributed by atoms with Gasteiger partial charge in [0.25, 0.3) is 0 Å². The Morgan fingerprint density at radius 2 is 0.933 bits per heavy atom. The normalized spacial score (nSPS) is 10.9. The first kappa shape index (κ1) is 29.3. The van der Waals surface area contributed by atoms with Gasteiger partial charge in [0.2, 0.25) is 0 Å². The first-order chi connectivity index (χ1) is 5.29. The molecule has 0 heterocycles. The molecule has 15 heavy (non-hydrogen) atoms. The first-order valence-corrected chi connectivity index (χ1v) is 3.25. The van der Waals surface area contributed by atoms with E-state index in [9.17, 15) is 9.59 Å². The Morgan fingerprint density at radius 1 is 0.867 bits per heavy atom. The van der Waals surface area contributed by atoms with E-state index < -0.39 is 24.0 Å². The quantitative estimate of drug-likeness (QED) is 0.570. The van der Waals surface area contributed by atoms with Gasteiger partial charge in [0, 0.05) is 0 Å². The van der Waals surface area contributed by atoms with Gasteiger partial charge in [-0.1, -0.05) is 0 Å². The molecule has 0 saturated heterocycles. The summed E-state index contributed by atoms with van der Waals surface area (Å²) in [7, 11) is 0. The first-order valence-electron chi connectivity index (χ1n) is 3.25. The average Bonchev–Trinajstić information content (AvgIpc) is 1.88. The fourth-order valence-electron chi connectivity index (χ4n) is 0. The Balaban J connectivity index is -0.0000000370. The minimum atomic E-state index is -0.963. The molecule has 0 saturated carbocycles. The summed E-state index contributed by atoms with van der Waals surface area (Å²) in [6.07, 6.45) is 0. The van der Waals surface area contributed by atoms with E-state index in [1.54, 1.807) is 0 Å². The third-order valence-electron chi connectivity index (χ3n) is 0.779. The van der Waals surface area contributed by atoms with Crippen LogP contribution in [0.2, 0.25) is 0 Å². The van der Waals surface area contributed by atoms with Gasteiger partial charge in [0.15, 0.2) is 0 Å². The molecule has 0 fully saturated rings. The van der Waals surface area contributed by atoms with Crippen molar-refractivity contribution in [2.45, 2.75) is 25.9 Å². The van der Waals surface area contributed by atoms with E-state index in [1.807, 2.05) is 0 Å². The molecule has 0 aliphatic carbocycles. The zero-order valence-electron chi connectivity index (χ0n) is 8.25. The number of hydrogen-bond acceptors (Lipinski definition) is 4. The molecule has 0 aromatic heterocycles. The third kappa shape index (κ3) is 31.6. The Labute approximate surface area is 107 Å². The number of hydrogen-bond donors (Lipinski definition) is 4. The second-order valence-corrected chi connectivity index (χ2v) is 2.25. The molecule has 2 atom stereocenters. The van der Waals surface area contributed by atoms with E-state index in [2.05, 4.69) is 0 Å². The van der Waals surface area contributed by atoms with E-state index in [0.717, 1.165) is 0 Å². The second kappa shape index (κ2) is 16.2. The van der Waals surface area contributed by atoms with Crippen molar-refractivity contribution in [2.75, 3.05) is 0 Å². The number of carbonyl (C=O) groups is 2. The van der Waals surface area contributed by atoms with Crippen molar-refractivity contribution in [1.82, 2.24) is 0 Å². The highest BCUT2D eigenvalue weighted by Gasteiger charge is 2.00. The van der Waals surface area contributed by atoms with Crippen molar-refractivity contribution in [3.05, 3.63) is 0 Å². The topological polar surface area (TPSA) is 127 Å². The Morgan fingerprint density at radius 3 is 0.933 bits per heavy atom. The zero-order chi connectivity index (χ0) is 10.3. The molecular weight excluding hydrogens is 270 g/mol. The van der Waals surface area contributed by atoms with Gasteiger partial charge in [-0.25, -0.2) is 0 Å². The predicted molar refractivity (Wildman–Crippen MR) is 64.3 cm³/mol. The summed E-state index contributed by atoms with van der Waals surface area (Å²) in [4.78, 5) is 19.1. The highest BCUT2D eigenvalue weighted by Crippen LogP contribution is 1.68. The lowest BCUT2D eigenvalue weighted by molar-refractivity contribution is -0.139. The largest absolute Gasteiger partial charge is 0.480 e. The minimum absolute atomic E-state index is 0. The summed E-state index contributed by atoms with van der Waals surface area (Å²) in [6, 6.07) is -1.46. The molecule has 0 aromatic carbocycles. The van der Waals surface area contributed by atoms with Crippen LogP contribution in [0, 0.1) is 0 Å². The van der Waals surface area contributed by atoms with Crippen LogP contribution >= 0.6 is 37.2 Å². The average molecular weight is 288 g/mol. The van der Waals surface area contributed by atoms with Gasteiger partial charge in [-0.3, -0.25) is 9.59 Å². The lowest BCUT2D eigenvalue weighted by atomic mass is 10.4. The van der Waals surface area contributed by atoms with Gasteiger partial charge < -0.3 is 21.7 Å². The minimum Gasteiger partial charge on any atom is -0.480 e. The standard InChI is InChI=1S/2C3H7NO2.3ClH/c2*1-2(4)3(5)6;;;/h2*2H,4H2,1H3,(H,5,6);3*1H. The summed E-state index contributed by atoms with van der Waals surface area (Å²) >= 11 is 0. The zero-order valence-corrected chi connectivity index (χ0v) is 10.7. The summed E-state index contributed by atoms with van der Waals surface area (Å²) in [5.41, 5.74) is 9.67. The van der Waals surface area contributed by atoms with E-state index in [4.69, 9.17) is 21.7 Å². The van der Waals surface area contributed by atoms with Crippen LogP contribution in [-0.2, 0) is 9.59 Å². The summed E-state index contributed by atoms with van der Waals surface area (Å²) in [6.45, 7) is 2.84. The molecule has 0 bridgehead atoms. The van der Waals surface area contributed by atoms with E-state index >= 15 is 0 Å². The number of halogens is 3. The van der Waals surface area contributed by atoms with Crippen molar-refractivity contribution in [3.63, 3.8) is 0 Å². The monoisotopic (exact) mass is 286 g/mol. The number of carboxylic acid groups (broad SMARTS) is 2. The molecule has 0 aliphatic rings. The maximum absolute atomic E-state index is 9.57. The number of nitrogens with two attached hydrogens (primary N) is 2. The molecule has 0 spiro atoms. The number of carboxylic acids is 2. The smallest absolute Gasteiger partial charge is 0.320 e.